The molecule has 0 saturated carbocycles. The molecule has 11 heavy (non-hydrogen) atoms. The SMILES string of the molecule is CC1(C)CC[N]CC(C)(C)C1. The van der Waals surface area contributed by atoms with Gasteiger partial charge < -0.3 is 0 Å². The molecule has 1 rings (SSSR count). The molecule has 1 fully saturated rings. The molecule has 1 aliphatic heterocycles. The van der Waals surface area contributed by atoms with Crippen LogP contribution in [0.4, 0.5) is 0 Å². The molecule has 1 heterocycles. The van der Waals surface area contributed by atoms with Crippen LogP contribution in [0.1, 0.15) is 40.5 Å². The second-order valence-electron chi connectivity index (χ2n) is 5.36. The van der Waals surface area contributed by atoms with Gasteiger partial charge in [0.15, 0.2) is 0 Å². The van der Waals surface area contributed by atoms with Crippen molar-refractivity contribution in [3.8, 4) is 0 Å². The van der Waals surface area contributed by atoms with Crippen LogP contribution in [0.3, 0.4) is 0 Å². The van der Waals surface area contributed by atoms with E-state index in [1.54, 1.807) is 0 Å². The minimum atomic E-state index is 0.431. The Morgan fingerprint density at radius 2 is 1.64 bits per heavy atom. The molecule has 0 amide bonds. The third-order valence-electron chi connectivity index (χ3n) is 2.44. The summed E-state index contributed by atoms with van der Waals surface area (Å²) in [4.78, 5) is 0. The van der Waals surface area contributed by atoms with Crippen LogP contribution in [0.5, 0.6) is 0 Å². The highest BCUT2D eigenvalue weighted by atomic mass is 14.9. The zero-order valence-electron chi connectivity index (χ0n) is 8.28. The third-order valence-corrected chi connectivity index (χ3v) is 2.44. The lowest BCUT2D eigenvalue weighted by atomic mass is 9.75. The van der Waals surface area contributed by atoms with Crippen LogP contribution in [0, 0.1) is 10.8 Å². The van der Waals surface area contributed by atoms with E-state index >= 15 is 0 Å². The molecule has 0 bridgehead atoms. The Kier molecular flexibility index (Phi) is 2.29. The predicted molar refractivity (Wildman–Crippen MR) is 48.7 cm³/mol. The minimum Gasteiger partial charge on any atom is -0.241 e. The summed E-state index contributed by atoms with van der Waals surface area (Å²) in [5, 5.41) is 4.52. The lowest BCUT2D eigenvalue weighted by molar-refractivity contribution is 0.213. The van der Waals surface area contributed by atoms with E-state index in [9.17, 15) is 0 Å². The number of nitrogens with zero attached hydrogens (tertiary/aromatic N) is 1. The van der Waals surface area contributed by atoms with Crippen LogP contribution < -0.4 is 5.32 Å². The van der Waals surface area contributed by atoms with E-state index in [1.807, 2.05) is 0 Å². The zero-order valence-corrected chi connectivity index (χ0v) is 8.28. The summed E-state index contributed by atoms with van der Waals surface area (Å²) < 4.78 is 0. The molecule has 1 saturated heterocycles. The van der Waals surface area contributed by atoms with E-state index < -0.39 is 0 Å². The first-order valence-electron chi connectivity index (χ1n) is 4.55. The maximum atomic E-state index is 4.52. The van der Waals surface area contributed by atoms with Gasteiger partial charge in [0.1, 0.15) is 0 Å². The van der Waals surface area contributed by atoms with Gasteiger partial charge >= 0.3 is 0 Å². The van der Waals surface area contributed by atoms with Crippen molar-refractivity contribution in [1.29, 1.82) is 0 Å². The minimum absolute atomic E-state index is 0.431. The molecule has 1 nitrogen and oxygen atoms in total. The second-order valence-corrected chi connectivity index (χ2v) is 5.36. The van der Waals surface area contributed by atoms with Gasteiger partial charge in [-0.25, -0.2) is 5.32 Å². The summed E-state index contributed by atoms with van der Waals surface area (Å²) >= 11 is 0. The molecule has 1 aliphatic rings. The highest BCUT2D eigenvalue weighted by Crippen LogP contribution is 2.37. The zero-order chi connectivity index (χ0) is 8.54. The summed E-state index contributed by atoms with van der Waals surface area (Å²) in [6.45, 7) is 11.5. The van der Waals surface area contributed by atoms with Gasteiger partial charge in [-0.05, 0) is 23.7 Å². The number of hydrogen-bond donors (Lipinski definition) is 0. The van der Waals surface area contributed by atoms with Gasteiger partial charge in [0.2, 0.25) is 0 Å². The summed E-state index contributed by atoms with van der Waals surface area (Å²) in [6.07, 6.45) is 2.57. The molecular weight excluding hydrogens is 134 g/mol. The van der Waals surface area contributed by atoms with Crippen molar-refractivity contribution in [3.05, 3.63) is 0 Å². The molecule has 0 spiro atoms. The van der Waals surface area contributed by atoms with Crippen LogP contribution in [0.25, 0.3) is 0 Å². The maximum absolute atomic E-state index is 4.52. The van der Waals surface area contributed by atoms with Crippen molar-refractivity contribution in [2.45, 2.75) is 40.5 Å². The van der Waals surface area contributed by atoms with E-state index in [2.05, 4.69) is 33.0 Å². The average molecular weight is 154 g/mol. The fourth-order valence-electron chi connectivity index (χ4n) is 2.20. The molecule has 0 atom stereocenters. The van der Waals surface area contributed by atoms with Gasteiger partial charge in [-0.3, -0.25) is 0 Å². The van der Waals surface area contributed by atoms with Gasteiger partial charge in [-0.15, -0.1) is 0 Å². The first-order valence-corrected chi connectivity index (χ1v) is 4.55. The monoisotopic (exact) mass is 154 g/mol. The lowest BCUT2D eigenvalue weighted by Gasteiger charge is -2.30. The number of hydrogen-bond acceptors (Lipinski definition) is 0. The van der Waals surface area contributed by atoms with E-state index in [1.165, 1.54) is 12.8 Å². The fourth-order valence-corrected chi connectivity index (χ4v) is 2.20. The Balaban J connectivity index is 2.62. The summed E-state index contributed by atoms with van der Waals surface area (Å²) in [5.41, 5.74) is 0.934. The van der Waals surface area contributed by atoms with Gasteiger partial charge in [0.25, 0.3) is 0 Å². The summed E-state index contributed by atoms with van der Waals surface area (Å²) in [5.74, 6) is 0. The second kappa shape index (κ2) is 2.78. The van der Waals surface area contributed by atoms with Crippen molar-refractivity contribution in [2.75, 3.05) is 13.1 Å². The molecule has 0 unspecified atom stereocenters. The van der Waals surface area contributed by atoms with Crippen LogP contribution in [-0.4, -0.2) is 13.1 Å². The van der Waals surface area contributed by atoms with Crippen LogP contribution >= 0.6 is 0 Å². The summed E-state index contributed by atoms with van der Waals surface area (Å²) in [7, 11) is 0. The molecule has 0 aromatic carbocycles. The standard InChI is InChI=1S/C10H20N/c1-9(2)5-6-11-8-10(3,4)7-9/h5-8H2,1-4H3. The van der Waals surface area contributed by atoms with Crippen LogP contribution in [-0.2, 0) is 0 Å². The Morgan fingerprint density at radius 1 is 1.00 bits per heavy atom. The van der Waals surface area contributed by atoms with Gasteiger partial charge in [0, 0.05) is 13.1 Å². The largest absolute Gasteiger partial charge is 0.241 e. The molecule has 1 heteroatoms. The molecular formula is C10H20N. The summed E-state index contributed by atoms with van der Waals surface area (Å²) in [6, 6.07) is 0. The van der Waals surface area contributed by atoms with Crippen molar-refractivity contribution < 1.29 is 0 Å². The normalized spacial score (nSPS) is 29.5. The first-order chi connectivity index (χ1) is 4.91. The number of rotatable bonds is 0. The Bertz CT molecular complexity index is 120. The predicted octanol–water partition coefficient (Wildman–Crippen LogP) is 2.44. The van der Waals surface area contributed by atoms with E-state index in [-0.39, 0.29) is 0 Å². The first kappa shape index (κ1) is 9.05. The maximum Gasteiger partial charge on any atom is 0.0184 e. The van der Waals surface area contributed by atoms with Crippen molar-refractivity contribution >= 4 is 0 Å². The quantitative estimate of drug-likeness (QED) is 0.509. The van der Waals surface area contributed by atoms with Crippen molar-refractivity contribution in [2.24, 2.45) is 10.8 Å². The lowest BCUT2D eigenvalue weighted by Crippen LogP contribution is -2.25. The average Bonchev–Trinajstić information content (AvgIpc) is 1.86. The van der Waals surface area contributed by atoms with Gasteiger partial charge in [0.05, 0.1) is 0 Å². The van der Waals surface area contributed by atoms with Gasteiger partial charge in [-0.2, -0.15) is 0 Å². The fraction of sp³-hybridized carbons (Fsp3) is 1.00. The Morgan fingerprint density at radius 3 is 2.27 bits per heavy atom. The third kappa shape index (κ3) is 2.82. The highest BCUT2D eigenvalue weighted by Gasteiger charge is 2.31. The molecule has 0 aromatic rings. The molecule has 0 N–H and O–H groups in total. The Labute approximate surface area is 70.6 Å². The van der Waals surface area contributed by atoms with E-state index in [4.69, 9.17) is 0 Å². The molecule has 0 aromatic heterocycles. The van der Waals surface area contributed by atoms with Crippen molar-refractivity contribution in [3.63, 3.8) is 0 Å². The van der Waals surface area contributed by atoms with E-state index in [0.29, 0.717) is 10.8 Å². The highest BCUT2D eigenvalue weighted by molar-refractivity contribution is 4.84. The van der Waals surface area contributed by atoms with Crippen LogP contribution in [0.15, 0.2) is 0 Å². The Hall–Kier alpha value is -0.0400. The molecule has 65 valence electrons. The molecule has 1 radical (unpaired) electrons. The van der Waals surface area contributed by atoms with Crippen LogP contribution in [0.2, 0.25) is 0 Å². The van der Waals surface area contributed by atoms with Crippen molar-refractivity contribution in [1.82, 2.24) is 5.32 Å². The van der Waals surface area contributed by atoms with Gasteiger partial charge in [-0.1, -0.05) is 27.7 Å². The van der Waals surface area contributed by atoms with E-state index in [0.717, 1.165) is 13.1 Å². The topological polar surface area (TPSA) is 14.1 Å². The molecule has 0 aliphatic carbocycles. The smallest absolute Gasteiger partial charge is 0.0184 e.